The number of nitrogen functional groups attached to an aromatic ring is 1. The summed E-state index contributed by atoms with van der Waals surface area (Å²) in [5.41, 5.74) is 9.40. The highest BCUT2D eigenvalue weighted by atomic mass is 32.1. The standard InChI is InChI=1S/C16H16FN3S/c1-9(11-4-3-5-12(17)6-11)19-14-8-15-16(7-13(14)18)21-10(2)20-15/h3-9,19H,18H2,1-2H3. The van der Waals surface area contributed by atoms with Crippen LogP contribution in [0.3, 0.4) is 0 Å². The van der Waals surface area contributed by atoms with Gasteiger partial charge in [0.25, 0.3) is 0 Å². The fraction of sp³-hybridized carbons (Fsp3) is 0.188. The van der Waals surface area contributed by atoms with Gasteiger partial charge in [-0.15, -0.1) is 11.3 Å². The summed E-state index contributed by atoms with van der Waals surface area (Å²) >= 11 is 1.62. The van der Waals surface area contributed by atoms with Crippen LogP contribution >= 0.6 is 11.3 Å². The maximum absolute atomic E-state index is 13.3. The molecule has 5 heteroatoms. The Morgan fingerprint density at radius 3 is 2.86 bits per heavy atom. The first-order valence-corrected chi connectivity index (χ1v) is 7.53. The molecule has 0 amide bonds. The van der Waals surface area contributed by atoms with Crippen molar-refractivity contribution in [2.75, 3.05) is 11.1 Å². The van der Waals surface area contributed by atoms with E-state index in [2.05, 4.69) is 10.3 Å². The van der Waals surface area contributed by atoms with Crippen molar-refractivity contribution in [3.63, 3.8) is 0 Å². The maximum atomic E-state index is 13.3. The smallest absolute Gasteiger partial charge is 0.123 e. The van der Waals surface area contributed by atoms with Crippen molar-refractivity contribution in [1.82, 2.24) is 4.98 Å². The number of aryl methyl sites for hydroxylation is 1. The number of aromatic nitrogens is 1. The fourth-order valence-corrected chi connectivity index (χ4v) is 3.18. The van der Waals surface area contributed by atoms with E-state index >= 15 is 0 Å². The topological polar surface area (TPSA) is 50.9 Å². The molecular formula is C16H16FN3S. The van der Waals surface area contributed by atoms with Crippen LogP contribution in [0, 0.1) is 12.7 Å². The van der Waals surface area contributed by atoms with Crippen molar-refractivity contribution in [1.29, 1.82) is 0 Å². The van der Waals surface area contributed by atoms with Gasteiger partial charge in [0.15, 0.2) is 0 Å². The minimum atomic E-state index is -0.236. The molecule has 1 heterocycles. The van der Waals surface area contributed by atoms with Crippen LogP contribution in [-0.2, 0) is 0 Å². The summed E-state index contributed by atoms with van der Waals surface area (Å²) in [4.78, 5) is 4.47. The molecule has 3 nitrogen and oxygen atoms in total. The van der Waals surface area contributed by atoms with Gasteiger partial charge >= 0.3 is 0 Å². The van der Waals surface area contributed by atoms with Gasteiger partial charge in [0, 0.05) is 6.04 Å². The van der Waals surface area contributed by atoms with E-state index in [1.807, 2.05) is 32.0 Å². The van der Waals surface area contributed by atoms with Crippen molar-refractivity contribution < 1.29 is 4.39 Å². The van der Waals surface area contributed by atoms with Crippen LogP contribution in [0.2, 0.25) is 0 Å². The second-order valence-corrected chi connectivity index (χ2v) is 6.30. The molecule has 0 aliphatic heterocycles. The molecule has 3 N–H and O–H groups in total. The van der Waals surface area contributed by atoms with Crippen LogP contribution in [-0.4, -0.2) is 4.98 Å². The molecule has 0 aliphatic rings. The number of nitrogens with one attached hydrogen (secondary N) is 1. The van der Waals surface area contributed by atoms with Crippen LogP contribution in [0.4, 0.5) is 15.8 Å². The Labute approximate surface area is 126 Å². The number of nitrogens with zero attached hydrogens (tertiary/aromatic N) is 1. The Kier molecular flexibility index (Phi) is 3.51. The maximum Gasteiger partial charge on any atom is 0.123 e. The van der Waals surface area contributed by atoms with Gasteiger partial charge in [-0.1, -0.05) is 12.1 Å². The van der Waals surface area contributed by atoms with E-state index in [9.17, 15) is 4.39 Å². The average molecular weight is 301 g/mol. The Bertz CT molecular complexity index is 797. The predicted molar refractivity (Wildman–Crippen MR) is 87.2 cm³/mol. The highest BCUT2D eigenvalue weighted by molar-refractivity contribution is 7.18. The highest BCUT2D eigenvalue weighted by Crippen LogP contribution is 2.31. The number of hydrogen-bond acceptors (Lipinski definition) is 4. The molecule has 1 atom stereocenters. The lowest BCUT2D eigenvalue weighted by molar-refractivity contribution is 0.623. The lowest BCUT2D eigenvalue weighted by atomic mass is 10.1. The molecule has 21 heavy (non-hydrogen) atoms. The fourth-order valence-electron chi connectivity index (χ4n) is 2.32. The van der Waals surface area contributed by atoms with Crippen LogP contribution in [0.25, 0.3) is 10.2 Å². The van der Waals surface area contributed by atoms with Crippen LogP contribution < -0.4 is 11.1 Å². The number of fused-ring (bicyclic) bond motifs is 1. The normalized spacial score (nSPS) is 12.5. The zero-order chi connectivity index (χ0) is 15.0. The number of halogens is 1. The second-order valence-electron chi connectivity index (χ2n) is 5.06. The lowest BCUT2D eigenvalue weighted by Crippen LogP contribution is -2.08. The first-order valence-electron chi connectivity index (χ1n) is 6.71. The first-order chi connectivity index (χ1) is 10.0. The highest BCUT2D eigenvalue weighted by Gasteiger charge is 2.10. The van der Waals surface area contributed by atoms with Gasteiger partial charge < -0.3 is 11.1 Å². The van der Waals surface area contributed by atoms with Crippen LogP contribution in [0.15, 0.2) is 36.4 Å². The van der Waals surface area contributed by atoms with Crippen molar-refractivity contribution in [3.05, 3.63) is 52.8 Å². The monoisotopic (exact) mass is 301 g/mol. The molecule has 1 aromatic heterocycles. The number of thiazole rings is 1. The minimum absolute atomic E-state index is 0.0415. The SMILES string of the molecule is Cc1nc2cc(NC(C)c3cccc(F)c3)c(N)cc2s1. The van der Waals surface area contributed by atoms with Gasteiger partial charge in [-0.25, -0.2) is 9.37 Å². The lowest BCUT2D eigenvalue weighted by Gasteiger charge is -2.17. The third-order valence-electron chi connectivity index (χ3n) is 3.39. The number of nitrogens with two attached hydrogens (primary N) is 1. The molecule has 0 bridgehead atoms. The number of anilines is 2. The van der Waals surface area contributed by atoms with Gasteiger partial charge in [0.05, 0.1) is 26.6 Å². The zero-order valence-corrected chi connectivity index (χ0v) is 12.7. The Hall–Kier alpha value is -2.14. The molecule has 0 spiro atoms. The third-order valence-corrected chi connectivity index (χ3v) is 4.32. The summed E-state index contributed by atoms with van der Waals surface area (Å²) in [6.45, 7) is 3.95. The van der Waals surface area contributed by atoms with Crippen molar-refractivity contribution >= 4 is 32.9 Å². The van der Waals surface area contributed by atoms with E-state index in [1.54, 1.807) is 17.4 Å². The third kappa shape index (κ3) is 2.83. The van der Waals surface area contributed by atoms with E-state index in [0.29, 0.717) is 5.69 Å². The Balaban J connectivity index is 1.91. The first kappa shape index (κ1) is 13.8. The average Bonchev–Trinajstić information content (AvgIpc) is 2.78. The molecule has 1 unspecified atom stereocenters. The minimum Gasteiger partial charge on any atom is -0.397 e. The molecule has 108 valence electrons. The van der Waals surface area contributed by atoms with Crippen LogP contribution in [0.5, 0.6) is 0 Å². The molecule has 0 aliphatic carbocycles. The molecule has 0 radical (unpaired) electrons. The van der Waals surface area contributed by atoms with Crippen molar-refractivity contribution in [2.24, 2.45) is 0 Å². The predicted octanol–water partition coefficient (Wildman–Crippen LogP) is 4.50. The molecule has 3 rings (SSSR count). The van der Waals surface area contributed by atoms with Gasteiger partial charge in [-0.05, 0) is 43.7 Å². The quantitative estimate of drug-likeness (QED) is 0.700. The van der Waals surface area contributed by atoms with Crippen molar-refractivity contribution in [2.45, 2.75) is 19.9 Å². The van der Waals surface area contributed by atoms with Crippen molar-refractivity contribution in [3.8, 4) is 0 Å². The van der Waals surface area contributed by atoms with E-state index in [0.717, 1.165) is 26.5 Å². The summed E-state index contributed by atoms with van der Waals surface area (Å²) in [5, 5.41) is 4.34. The second kappa shape index (κ2) is 5.33. The van der Waals surface area contributed by atoms with E-state index in [4.69, 9.17) is 5.73 Å². The molecule has 2 aromatic carbocycles. The summed E-state index contributed by atoms with van der Waals surface area (Å²) in [6, 6.07) is 10.4. The summed E-state index contributed by atoms with van der Waals surface area (Å²) in [5.74, 6) is -0.236. The number of rotatable bonds is 3. The summed E-state index contributed by atoms with van der Waals surface area (Å²) in [6.07, 6.45) is 0. The molecule has 3 aromatic rings. The Morgan fingerprint density at radius 1 is 1.29 bits per heavy atom. The van der Waals surface area contributed by atoms with Gasteiger partial charge in [0.1, 0.15) is 5.82 Å². The molecule has 0 fully saturated rings. The zero-order valence-electron chi connectivity index (χ0n) is 11.9. The van der Waals surface area contributed by atoms with Gasteiger partial charge in [-0.3, -0.25) is 0 Å². The Morgan fingerprint density at radius 2 is 2.10 bits per heavy atom. The molecule has 0 saturated carbocycles. The summed E-state index contributed by atoms with van der Waals surface area (Å²) < 4.78 is 14.4. The number of benzene rings is 2. The molecular weight excluding hydrogens is 285 g/mol. The van der Waals surface area contributed by atoms with E-state index in [-0.39, 0.29) is 11.9 Å². The van der Waals surface area contributed by atoms with Crippen LogP contribution in [0.1, 0.15) is 23.5 Å². The van der Waals surface area contributed by atoms with Gasteiger partial charge in [0.2, 0.25) is 0 Å². The van der Waals surface area contributed by atoms with Gasteiger partial charge in [-0.2, -0.15) is 0 Å². The largest absolute Gasteiger partial charge is 0.397 e. The summed E-state index contributed by atoms with van der Waals surface area (Å²) in [7, 11) is 0. The number of hydrogen-bond donors (Lipinski definition) is 2. The van der Waals surface area contributed by atoms with E-state index in [1.165, 1.54) is 12.1 Å². The molecule has 0 saturated heterocycles. The van der Waals surface area contributed by atoms with E-state index < -0.39 is 0 Å².